The van der Waals surface area contributed by atoms with Gasteiger partial charge in [0.2, 0.25) is 0 Å². The fraction of sp³-hybridized carbons (Fsp3) is 0.138. The summed E-state index contributed by atoms with van der Waals surface area (Å²) in [5.41, 5.74) is 6.57. The van der Waals surface area contributed by atoms with E-state index in [-0.39, 0.29) is 0 Å². The summed E-state index contributed by atoms with van der Waals surface area (Å²) in [7, 11) is 0. The highest BCUT2D eigenvalue weighted by atomic mass is 14.9. The highest BCUT2D eigenvalue weighted by Crippen LogP contribution is 2.37. The van der Waals surface area contributed by atoms with Gasteiger partial charge in [-0.2, -0.15) is 0 Å². The molecule has 164 valence electrons. The van der Waals surface area contributed by atoms with Crippen LogP contribution in [-0.2, 0) is 0 Å². The molecule has 0 amide bonds. The van der Waals surface area contributed by atoms with E-state index in [1.165, 1.54) is 38.1 Å². The Kier molecular flexibility index (Phi) is 3.89. The van der Waals surface area contributed by atoms with Gasteiger partial charge in [-0.1, -0.05) is 44.2 Å². The molecular weight excluding hydrogens is 418 g/mol. The van der Waals surface area contributed by atoms with Gasteiger partial charge in [-0.25, -0.2) is 9.97 Å². The Labute approximate surface area is 195 Å². The maximum atomic E-state index is 4.88. The minimum absolute atomic E-state index is 0.370. The molecule has 0 atom stereocenters. The number of nitrogens with zero attached hydrogens (tertiary/aromatic N) is 3. The molecule has 0 aliphatic rings. The molecule has 0 aliphatic carbocycles. The van der Waals surface area contributed by atoms with Gasteiger partial charge in [-0.3, -0.25) is 4.98 Å². The molecule has 0 aliphatic heterocycles. The molecule has 0 saturated heterocycles. The van der Waals surface area contributed by atoms with Gasteiger partial charge in [0.1, 0.15) is 11.6 Å². The largest absolute Gasteiger partial charge is 0.342 e. The van der Waals surface area contributed by atoms with Crippen LogP contribution in [0.25, 0.3) is 65.5 Å². The maximum absolute atomic E-state index is 4.88. The molecule has 3 heterocycles. The fourth-order valence-electron chi connectivity index (χ4n) is 5.14. The van der Waals surface area contributed by atoms with E-state index in [9.17, 15) is 0 Å². The first kappa shape index (κ1) is 19.2. The van der Waals surface area contributed by atoms with Crippen LogP contribution in [0.4, 0.5) is 0 Å². The molecule has 3 aromatic heterocycles. The second kappa shape index (κ2) is 6.87. The number of H-pyrrole nitrogens is 2. The number of hydrogen-bond acceptors (Lipinski definition) is 3. The number of hydrogen-bond donors (Lipinski definition) is 2. The summed E-state index contributed by atoms with van der Waals surface area (Å²) in [5, 5.41) is 7.00. The number of aromatic amines is 2. The molecule has 0 saturated carbocycles. The third-order valence-electron chi connectivity index (χ3n) is 6.84. The van der Waals surface area contributed by atoms with Crippen LogP contribution in [0.3, 0.4) is 0 Å². The Balaban J connectivity index is 1.46. The van der Waals surface area contributed by atoms with Crippen molar-refractivity contribution in [3.8, 4) is 11.1 Å². The van der Waals surface area contributed by atoms with Gasteiger partial charge in [-0.15, -0.1) is 0 Å². The van der Waals surface area contributed by atoms with Gasteiger partial charge in [0.15, 0.2) is 0 Å². The van der Waals surface area contributed by atoms with Crippen LogP contribution in [0.5, 0.6) is 0 Å². The van der Waals surface area contributed by atoms with Crippen LogP contribution < -0.4 is 0 Å². The summed E-state index contributed by atoms with van der Waals surface area (Å²) in [6.45, 7) is 6.32. The van der Waals surface area contributed by atoms with Gasteiger partial charge >= 0.3 is 0 Å². The van der Waals surface area contributed by atoms with Crippen LogP contribution >= 0.6 is 0 Å². The number of pyridine rings is 1. The topological polar surface area (TPSA) is 70.2 Å². The van der Waals surface area contributed by atoms with Crippen molar-refractivity contribution in [3.63, 3.8) is 0 Å². The van der Waals surface area contributed by atoms with Crippen LogP contribution in [0, 0.1) is 6.92 Å². The number of aromatic nitrogens is 5. The number of benzene rings is 4. The van der Waals surface area contributed by atoms with Crippen LogP contribution in [-0.4, -0.2) is 24.9 Å². The van der Waals surface area contributed by atoms with Gasteiger partial charge in [-0.05, 0) is 58.5 Å². The molecule has 0 bridgehead atoms. The Morgan fingerprint density at radius 1 is 0.706 bits per heavy atom. The first-order chi connectivity index (χ1) is 16.6. The van der Waals surface area contributed by atoms with Crippen molar-refractivity contribution >= 4 is 54.4 Å². The van der Waals surface area contributed by atoms with E-state index >= 15 is 0 Å². The molecule has 5 heteroatoms. The number of imidazole rings is 2. The van der Waals surface area contributed by atoms with Crippen LogP contribution in [0.15, 0.2) is 67.0 Å². The van der Waals surface area contributed by atoms with E-state index in [1.807, 2.05) is 19.3 Å². The number of nitrogens with one attached hydrogen (secondary N) is 2. The molecule has 0 fully saturated rings. The van der Waals surface area contributed by atoms with Crippen molar-refractivity contribution in [2.45, 2.75) is 26.7 Å². The lowest BCUT2D eigenvalue weighted by Gasteiger charge is -2.10. The van der Waals surface area contributed by atoms with E-state index in [2.05, 4.69) is 83.4 Å². The zero-order chi connectivity index (χ0) is 23.0. The Hall–Kier alpha value is -4.25. The maximum Gasteiger partial charge on any atom is 0.109 e. The Morgan fingerprint density at radius 3 is 2.38 bits per heavy atom. The zero-order valence-corrected chi connectivity index (χ0v) is 19.3. The van der Waals surface area contributed by atoms with E-state index in [0.717, 1.165) is 39.1 Å². The third-order valence-corrected chi connectivity index (χ3v) is 6.84. The van der Waals surface area contributed by atoms with Gasteiger partial charge in [0, 0.05) is 34.5 Å². The second-order valence-corrected chi connectivity index (χ2v) is 9.40. The monoisotopic (exact) mass is 441 g/mol. The molecule has 0 radical (unpaired) electrons. The lowest BCUT2D eigenvalue weighted by Crippen LogP contribution is -1.88. The van der Waals surface area contributed by atoms with Crippen molar-refractivity contribution < 1.29 is 0 Å². The molecular formula is C29H23N5. The minimum Gasteiger partial charge on any atom is -0.342 e. The lowest BCUT2D eigenvalue weighted by atomic mass is 9.95. The van der Waals surface area contributed by atoms with Crippen molar-refractivity contribution in [2.24, 2.45) is 0 Å². The summed E-state index contributed by atoms with van der Waals surface area (Å²) < 4.78 is 0. The Morgan fingerprint density at radius 2 is 1.53 bits per heavy atom. The molecule has 0 spiro atoms. The number of fused-ring (bicyclic) bond motifs is 9. The predicted octanol–water partition coefficient (Wildman–Crippen LogP) is 7.39. The number of rotatable bonds is 2. The summed E-state index contributed by atoms with van der Waals surface area (Å²) in [4.78, 5) is 20.9. The molecule has 2 N–H and O–H groups in total. The summed E-state index contributed by atoms with van der Waals surface area (Å²) >= 11 is 0. The van der Waals surface area contributed by atoms with Crippen LogP contribution in [0.1, 0.15) is 31.4 Å². The van der Waals surface area contributed by atoms with Crippen molar-refractivity contribution in [1.29, 1.82) is 0 Å². The standard InChI is InChI=1S/C29H23N5/c1-15(2)29-33-25-9-6-19-12-17(4-7-20(19)26(25)34-29)18-5-8-22-23(13-18)21-10-11-30-14-24(21)28-27(22)31-16(3)32-28/h4-15H,1-3H3,(H,31,32)(H,33,34). The first-order valence-electron chi connectivity index (χ1n) is 11.7. The predicted molar refractivity (Wildman–Crippen MR) is 140 cm³/mol. The molecule has 7 rings (SSSR count). The van der Waals surface area contributed by atoms with Crippen LogP contribution in [0.2, 0.25) is 0 Å². The smallest absolute Gasteiger partial charge is 0.109 e. The second-order valence-electron chi connectivity index (χ2n) is 9.40. The van der Waals surface area contributed by atoms with E-state index in [1.54, 1.807) is 0 Å². The first-order valence-corrected chi connectivity index (χ1v) is 11.7. The lowest BCUT2D eigenvalue weighted by molar-refractivity contribution is 0.799. The SMILES string of the molecule is Cc1nc2c3cnccc3c3cc(-c4ccc5c(ccc6[nH]c(C(C)C)nc65)c4)ccc3c2[nH]1. The number of aryl methyl sites for hydroxylation is 1. The summed E-state index contributed by atoms with van der Waals surface area (Å²) in [6, 6.07) is 19.8. The van der Waals surface area contributed by atoms with E-state index in [0.29, 0.717) is 5.92 Å². The van der Waals surface area contributed by atoms with Gasteiger partial charge < -0.3 is 9.97 Å². The quantitative estimate of drug-likeness (QED) is 0.275. The normalized spacial score (nSPS) is 12.2. The molecule has 34 heavy (non-hydrogen) atoms. The van der Waals surface area contributed by atoms with Crippen molar-refractivity contribution in [1.82, 2.24) is 24.9 Å². The molecule has 4 aromatic carbocycles. The third kappa shape index (κ3) is 2.70. The average molecular weight is 442 g/mol. The molecule has 0 unspecified atom stereocenters. The molecule has 7 aromatic rings. The van der Waals surface area contributed by atoms with Gasteiger partial charge in [0.25, 0.3) is 0 Å². The van der Waals surface area contributed by atoms with Gasteiger partial charge in [0.05, 0.1) is 22.1 Å². The Bertz CT molecular complexity index is 1910. The van der Waals surface area contributed by atoms with Crippen molar-refractivity contribution in [3.05, 3.63) is 78.6 Å². The fourth-order valence-corrected chi connectivity index (χ4v) is 5.14. The molecule has 5 nitrogen and oxygen atoms in total. The highest BCUT2D eigenvalue weighted by Gasteiger charge is 2.14. The highest BCUT2D eigenvalue weighted by molar-refractivity contribution is 6.23. The van der Waals surface area contributed by atoms with Crippen molar-refractivity contribution in [2.75, 3.05) is 0 Å². The summed E-state index contributed by atoms with van der Waals surface area (Å²) in [5.74, 6) is 2.31. The average Bonchev–Trinajstić information content (AvgIpc) is 3.47. The minimum atomic E-state index is 0.370. The van der Waals surface area contributed by atoms with E-state index < -0.39 is 0 Å². The zero-order valence-electron chi connectivity index (χ0n) is 19.3. The van der Waals surface area contributed by atoms with E-state index in [4.69, 9.17) is 9.97 Å². The summed E-state index contributed by atoms with van der Waals surface area (Å²) in [6.07, 6.45) is 3.77.